The molecule has 0 rings (SSSR count). The third-order valence-corrected chi connectivity index (χ3v) is 5.52. The van der Waals surface area contributed by atoms with E-state index < -0.39 is 17.3 Å². The summed E-state index contributed by atoms with van der Waals surface area (Å²) in [6, 6.07) is 0. The summed E-state index contributed by atoms with van der Waals surface area (Å²) in [4.78, 5) is 37.3. The Morgan fingerprint density at radius 3 is 1.79 bits per heavy atom. The summed E-state index contributed by atoms with van der Waals surface area (Å²) in [7, 11) is 0. The van der Waals surface area contributed by atoms with Gasteiger partial charge < -0.3 is 28.6 Å². The van der Waals surface area contributed by atoms with Crippen LogP contribution in [0.4, 0.5) is 4.79 Å². The van der Waals surface area contributed by atoms with E-state index in [0.717, 1.165) is 12.8 Å². The SMILES string of the molecule is CCC(C)(COCC(C)(CC)CN(CCOCC=O)C(=O)OC(C)(C)C)CC(=O)OC(C)(C)C. The molecule has 8 nitrogen and oxygen atoms in total. The number of carbonyl (C=O) groups excluding carboxylic acids is 3. The molecule has 0 aliphatic rings. The molecular weight excluding hydrogens is 438 g/mol. The molecule has 1 amide bonds. The van der Waals surface area contributed by atoms with Crippen molar-refractivity contribution in [1.82, 2.24) is 4.90 Å². The van der Waals surface area contributed by atoms with Gasteiger partial charge >= 0.3 is 12.1 Å². The van der Waals surface area contributed by atoms with Crippen LogP contribution in [-0.4, -0.2) is 74.0 Å². The molecule has 200 valence electrons. The smallest absolute Gasteiger partial charge is 0.410 e. The van der Waals surface area contributed by atoms with E-state index in [4.69, 9.17) is 18.9 Å². The van der Waals surface area contributed by atoms with E-state index in [0.29, 0.717) is 32.6 Å². The summed E-state index contributed by atoms with van der Waals surface area (Å²) in [6.07, 6.45) is 2.08. The van der Waals surface area contributed by atoms with E-state index in [1.807, 2.05) is 55.4 Å². The quantitative estimate of drug-likeness (QED) is 0.182. The number of carbonyl (C=O) groups is 3. The molecule has 0 aliphatic carbocycles. The minimum Gasteiger partial charge on any atom is -0.460 e. The summed E-state index contributed by atoms with van der Waals surface area (Å²) in [5, 5.41) is 0. The van der Waals surface area contributed by atoms with E-state index in [1.165, 1.54) is 0 Å². The van der Waals surface area contributed by atoms with Crippen LogP contribution < -0.4 is 0 Å². The largest absolute Gasteiger partial charge is 0.460 e. The first-order valence-electron chi connectivity index (χ1n) is 12.3. The van der Waals surface area contributed by atoms with Gasteiger partial charge in [0.2, 0.25) is 0 Å². The molecule has 0 radical (unpaired) electrons. The summed E-state index contributed by atoms with van der Waals surface area (Å²) < 4.78 is 22.5. The zero-order chi connectivity index (χ0) is 26.6. The molecule has 0 aromatic carbocycles. The van der Waals surface area contributed by atoms with Crippen molar-refractivity contribution in [1.29, 1.82) is 0 Å². The Morgan fingerprint density at radius 1 is 0.794 bits per heavy atom. The maximum absolute atomic E-state index is 12.8. The second-order valence-electron chi connectivity index (χ2n) is 11.7. The lowest BCUT2D eigenvalue weighted by Crippen LogP contribution is -2.46. The molecule has 0 bridgehead atoms. The van der Waals surface area contributed by atoms with Crippen LogP contribution in [0.25, 0.3) is 0 Å². The van der Waals surface area contributed by atoms with E-state index in [9.17, 15) is 14.4 Å². The van der Waals surface area contributed by atoms with Gasteiger partial charge in [-0.2, -0.15) is 0 Å². The minimum atomic E-state index is -0.622. The summed E-state index contributed by atoms with van der Waals surface area (Å²) in [6.45, 7) is 21.0. The Labute approximate surface area is 207 Å². The van der Waals surface area contributed by atoms with Gasteiger partial charge in [-0.1, -0.05) is 27.7 Å². The predicted octanol–water partition coefficient (Wildman–Crippen LogP) is 5.02. The molecule has 0 spiro atoms. The number of rotatable bonds is 15. The monoisotopic (exact) mass is 487 g/mol. The van der Waals surface area contributed by atoms with E-state index in [-0.39, 0.29) is 36.4 Å². The number of nitrogens with zero attached hydrogens (tertiary/aromatic N) is 1. The van der Waals surface area contributed by atoms with Crippen LogP contribution in [0.15, 0.2) is 0 Å². The van der Waals surface area contributed by atoms with Crippen LogP contribution in [0.2, 0.25) is 0 Å². The fourth-order valence-corrected chi connectivity index (χ4v) is 3.14. The maximum Gasteiger partial charge on any atom is 0.410 e. The third kappa shape index (κ3) is 14.6. The normalized spacial score (nSPS) is 15.7. The Kier molecular flexibility index (Phi) is 13.3. The molecule has 0 aliphatic heterocycles. The molecule has 0 aromatic rings. The average Bonchev–Trinajstić information content (AvgIpc) is 2.67. The van der Waals surface area contributed by atoms with E-state index in [2.05, 4.69) is 13.8 Å². The van der Waals surface area contributed by atoms with E-state index in [1.54, 1.807) is 4.90 Å². The molecule has 2 atom stereocenters. The number of hydrogen-bond donors (Lipinski definition) is 0. The number of esters is 1. The average molecular weight is 488 g/mol. The lowest BCUT2D eigenvalue weighted by Gasteiger charge is -2.37. The van der Waals surface area contributed by atoms with Gasteiger partial charge in [0, 0.05) is 23.9 Å². The number of hydrogen-bond acceptors (Lipinski definition) is 7. The van der Waals surface area contributed by atoms with Crippen molar-refractivity contribution >= 4 is 18.3 Å². The van der Waals surface area contributed by atoms with Gasteiger partial charge in [-0.25, -0.2) is 4.79 Å². The van der Waals surface area contributed by atoms with Crippen molar-refractivity contribution in [2.24, 2.45) is 10.8 Å². The van der Waals surface area contributed by atoms with Crippen molar-refractivity contribution in [2.45, 2.75) is 99.7 Å². The van der Waals surface area contributed by atoms with Gasteiger partial charge in [-0.3, -0.25) is 4.79 Å². The van der Waals surface area contributed by atoms with Crippen molar-refractivity contribution in [3.63, 3.8) is 0 Å². The van der Waals surface area contributed by atoms with Crippen LogP contribution >= 0.6 is 0 Å². The number of ether oxygens (including phenoxy) is 4. The van der Waals surface area contributed by atoms with Gasteiger partial charge in [-0.15, -0.1) is 0 Å². The minimum absolute atomic E-state index is 0.0104. The maximum atomic E-state index is 12.8. The summed E-state index contributed by atoms with van der Waals surface area (Å²) in [5.41, 5.74) is -1.82. The molecular formula is C26H49NO7. The molecule has 8 heteroatoms. The van der Waals surface area contributed by atoms with Crippen LogP contribution in [0.1, 0.15) is 88.5 Å². The molecule has 0 aromatic heterocycles. The highest BCUT2D eigenvalue weighted by molar-refractivity contribution is 5.70. The van der Waals surface area contributed by atoms with E-state index >= 15 is 0 Å². The number of amides is 1. The first kappa shape index (κ1) is 32.3. The van der Waals surface area contributed by atoms with Crippen molar-refractivity contribution < 1.29 is 33.3 Å². The van der Waals surface area contributed by atoms with Gasteiger partial charge in [-0.05, 0) is 54.4 Å². The zero-order valence-electron chi connectivity index (χ0n) is 23.2. The van der Waals surface area contributed by atoms with Crippen molar-refractivity contribution in [2.75, 3.05) is 39.5 Å². The first-order valence-corrected chi connectivity index (χ1v) is 12.3. The molecule has 34 heavy (non-hydrogen) atoms. The predicted molar refractivity (Wildman–Crippen MR) is 133 cm³/mol. The highest BCUT2D eigenvalue weighted by Crippen LogP contribution is 2.30. The second kappa shape index (κ2) is 14.0. The Balaban J connectivity index is 5.17. The van der Waals surface area contributed by atoms with Crippen LogP contribution in [0.5, 0.6) is 0 Å². The lowest BCUT2D eigenvalue weighted by atomic mass is 9.84. The fourth-order valence-electron chi connectivity index (χ4n) is 3.14. The van der Waals surface area contributed by atoms with Crippen molar-refractivity contribution in [3.8, 4) is 0 Å². The molecule has 0 saturated heterocycles. The fraction of sp³-hybridized carbons (Fsp3) is 0.885. The lowest BCUT2D eigenvalue weighted by molar-refractivity contribution is -0.159. The van der Waals surface area contributed by atoms with Gasteiger partial charge in [0.1, 0.15) is 24.1 Å². The summed E-state index contributed by atoms with van der Waals surface area (Å²) in [5.74, 6) is -0.231. The van der Waals surface area contributed by atoms with Gasteiger partial charge in [0.25, 0.3) is 0 Å². The molecule has 0 fully saturated rings. The van der Waals surface area contributed by atoms with Crippen LogP contribution in [0, 0.1) is 10.8 Å². The summed E-state index contributed by atoms with van der Waals surface area (Å²) >= 11 is 0. The molecule has 0 saturated carbocycles. The zero-order valence-corrected chi connectivity index (χ0v) is 23.2. The topological polar surface area (TPSA) is 91.4 Å². The molecule has 2 unspecified atom stereocenters. The van der Waals surface area contributed by atoms with Crippen LogP contribution in [-0.2, 0) is 28.5 Å². The van der Waals surface area contributed by atoms with Gasteiger partial charge in [0.05, 0.1) is 26.2 Å². The second-order valence-corrected chi connectivity index (χ2v) is 11.7. The van der Waals surface area contributed by atoms with Crippen molar-refractivity contribution in [3.05, 3.63) is 0 Å². The third-order valence-electron chi connectivity index (χ3n) is 5.52. The highest BCUT2D eigenvalue weighted by Gasteiger charge is 2.33. The highest BCUT2D eigenvalue weighted by atomic mass is 16.6. The first-order chi connectivity index (χ1) is 15.5. The molecule has 0 N–H and O–H groups in total. The van der Waals surface area contributed by atoms with Gasteiger partial charge in [0.15, 0.2) is 0 Å². The molecule has 0 heterocycles. The Bertz CT molecular complexity index is 638. The Hall–Kier alpha value is -1.67. The Morgan fingerprint density at radius 2 is 1.32 bits per heavy atom. The number of aldehydes is 1. The standard InChI is InChI=1S/C26H49NO7/c1-11-25(9,17-21(29)33-23(3,4)5)19-32-20-26(10,12-2)18-27(13-15-31-16-14-28)22(30)34-24(6,7)8/h14H,11-13,15-20H2,1-10H3. The van der Waals surface area contributed by atoms with Crippen LogP contribution in [0.3, 0.4) is 0 Å².